The highest BCUT2D eigenvalue weighted by Gasteiger charge is 2.40. The fraction of sp³-hybridized carbons (Fsp3) is 0.600. The predicted octanol–water partition coefficient (Wildman–Crippen LogP) is 0.979. The SMILES string of the molecule is CN[C@@H](C)C(=O)N[C@H](C(=O)N1CCC[C@H]1CN(CCc1ccccc1)S(C)(=O)=O)[C@@H](C)OCC#CC#CCO[C@H](C)[C@H](NC(=O)[C@@H](C)NC)C(=O)N1CCC[C@H]1CN(CCc1ccccc1)S(C)(=O)=O. The molecule has 2 aliphatic rings. The second-order valence-corrected chi connectivity index (χ2v) is 22.0. The smallest absolute Gasteiger partial charge is 0.248 e. The average Bonchev–Trinajstić information content (AvgIpc) is 4.02. The van der Waals surface area contributed by atoms with Gasteiger partial charge in [0.2, 0.25) is 43.7 Å². The highest BCUT2D eigenvalue weighted by Crippen LogP contribution is 2.24. The fourth-order valence-electron chi connectivity index (χ4n) is 8.32. The van der Waals surface area contributed by atoms with E-state index in [4.69, 9.17) is 9.47 Å². The number of likely N-dealkylation sites (N-methyl/N-ethyl adjacent to an activating group) is 2. The van der Waals surface area contributed by atoms with Crippen LogP contribution in [-0.2, 0) is 61.5 Å². The number of ether oxygens (including phenoxy) is 2. The topological polar surface area (TPSA) is 216 Å². The highest BCUT2D eigenvalue weighted by atomic mass is 32.2. The molecule has 4 rings (SSSR count). The minimum Gasteiger partial charge on any atom is -0.363 e. The standard InChI is InChI=1S/C50H74N8O10S2/c1-37(51-5)47(59)53-45(49(61)57-29-19-25-43(57)35-55(69(7,63)64)31-27-41-21-13-11-14-22-41)39(3)67-33-17-9-10-18-34-68-40(4)46(54-48(60)38(2)52-6)50(62)58-30-20-26-44(58)36-56(70(8,65)66)32-28-42-23-15-12-16-24-42/h11-16,21-24,37-40,43-46,51-52H,19-20,25-36H2,1-8H3,(H,53,59)(H,54,60)/t37-,38+,39-,40-,43+,44+,45+,46+/m1/s1. The summed E-state index contributed by atoms with van der Waals surface area (Å²) in [7, 11) is -3.93. The number of amides is 4. The molecule has 0 spiro atoms. The zero-order valence-electron chi connectivity index (χ0n) is 42.0. The van der Waals surface area contributed by atoms with Crippen molar-refractivity contribution in [1.82, 2.24) is 39.7 Å². The van der Waals surface area contributed by atoms with Gasteiger partial charge >= 0.3 is 0 Å². The van der Waals surface area contributed by atoms with Gasteiger partial charge in [-0.1, -0.05) is 72.5 Å². The second kappa shape index (κ2) is 28.2. The highest BCUT2D eigenvalue weighted by molar-refractivity contribution is 7.88. The van der Waals surface area contributed by atoms with E-state index in [0.29, 0.717) is 51.6 Å². The van der Waals surface area contributed by atoms with Crippen molar-refractivity contribution in [3.05, 3.63) is 71.8 Å². The third-order valence-electron chi connectivity index (χ3n) is 12.9. The molecule has 0 aliphatic carbocycles. The van der Waals surface area contributed by atoms with Gasteiger partial charge in [0, 0.05) is 51.4 Å². The molecule has 20 heteroatoms. The van der Waals surface area contributed by atoms with E-state index >= 15 is 0 Å². The van der Waals surface area contributed by atoms with Gasteiger partial charge in [0.05, 0.1) is 36.8 Å². The molecule has 2 aromatic rings. The molecule has 0 unspecified atom stereocenters. The third-order valence-corrected chi connectivity index (χ3v) is 15.4. The van der Waals surface area contributed by atoms with Gasteiger partial charge in [-0.2, -0.15) is 8.61 Å². The molecule has 18 nitrogen and oxygen atoms in total. The molecule has 70 heavy (non-hydrogen) atoms. The van der Waals surface area contributed by atoms with Crippen molar-refractivity contribution in [1.29, 1.82) is 0 Å². The summed E-state index contributed by atoms with van der Waals surface area (Å²) < 4.78 is 66.4. The van der Waals surface area contributed by atoms with E-state index in [0.717, 1.165) is 11.1 Å². The first kappa shape index (κ1) is 57.7. The van der Waals surface area contributed by atoms with Crippen LogP contribution in [0.3, 0.4) is 0 Å². The maximum absolute atomic E-state index is 14.2. The van der Waals surface area contributed by atoms with Crippen LogP contribution in [0.5, 0.6) is 0 Å². The largest absolute Gasteiger partial charge is 0.363 e. The Balaban J connectivity index is 1.38. The first-order valence-corrected chi connectivity index (χ1v) is 27.7. The predicted molar refractivity (Wildman–Crippen MR) is 270 cm³/mol. The Morgan fingerprint density at radius 3 is 1.31 bits per heavy atom. The maximum atomic E-state index is 14.2. The number of benzene rings is 2. The van der Waals surface area contributed by atoms with E-state index in [-0.39, 0.29) is 51.2 Å². The zero-order chi connectivity index (χ0) is 51.4. The lowest BCUT2D eigenvalue weighted by atomic mass is 10.1. The number of nitrogens with zero attached hydrogens (tertiary/aromatic N) is 4. The molecule has 4 N–H and O–H groups in total. The lowest BCUT2D eigenvalue weighted by Gasteiger charge is -2.34. The van der Waals surface area contributed by atoms with Crippen LogP contribution in [-0.4, -0.2) is 186 Å². The summed E-state index contributed by atoms with van der Waals surface area (Å²) in [4.78, 5) is 58.0. The van der Waals surface area contributed by atoms with Gasteiger partial charge in [-0.25, -0.2) is 16.8 Å². The quantitative estimate of drug-likeness (QED) is 0.0972. The van der Waals surface area contributed by atoms with Gasteiger partial charge < -0.3 is 40.5 Å². The van der Waals surface area contributed by atoms with Gasteiger partial charge in [0.15, 0.2) is 0 Å². The monoisotopic (exact) mass is 1010 g/mol. The van der Waals surface area contributed by atoms with Crippen LogP contribution in [0.4, 0.5) is 0 Å². The summed E-state index contributed by atoms with van der Waals surface area (Å²) in [5.74, 6) is 9.44. The molecular weight excluding hydrogens is 937 g/mol. The van der Waals surface area contributed by atoms with E-state index in [2.05, 4.69) is 44.9 Å². The average molecular weight is 1010 g/mol. The van der Waals surface area contributed by atoms with E-state index < -0.39 is 80.3 Å². The fourth-order valence-corrected chi connectivity index (χ4v) is 10.0. The number of hydrogen-bond acceptors (Lipinski definition) is 12. The molecule has 2 heterocycles. The van der Waals surface area contributed by atoms with Crippen molar-refractivity contribution in [3.8, 4) is 23.7 Å². The molecule has 8 atom stereocenters. The molecule has 2 aromatic carbocycles. The van der Waals surface area contributed by atoms with Crippen LogP contribution >= 0.6 is 0 Å². The van der Waals surface area contributed by atoms with Crippen LogP contribution in [0.25, 0.3) is 0 Å². The number of sulfonamides is 2. The minimum atomic E-state index is -3.60. The number of likely N-dealkylation sites (tertiary alicyclic amines) is 2. The Morgan fingerprint density at radius 2 is 0.986 bits per heavy atom. The molecule has 2 fully saturated rings. The molecule has 386 valence electrons. The van der Waals surface area contributed by atoms with Gasteiger partial charge in [-0.3, -0.25) is 19.2 Å². The number of hydrogen-bond donors (Lipinski definition) is 4. The van der Waals surface area contributed by atoms with Crippen LogP contribution in [0, 0.1) is 23.7 Å². The Hall–Kier alpha value is -4.90. The summed E-state index contributed by atoms with van der Waals surface area (Å²) in [6.45, 7) is 7.93. The van der Waals surface area contributed by atoms with Gasteiger partial charge in [0.25, 0.3) is 0 Å². The summed E-state index contributed by atoms with van der Waals surface area (Å²) in [6.07, 6.45) is 4.25. The first-order valence-electron chi connectivity index (χ1n) is 24.0. The van der Waals surface area contributed by atoms with Crippen molar-refractivity contribution >= 4 is 43.7 Å². The zero-order valence-corrected chi connectivity index (χ0v) is 43.6. The summed E-state index contributed by atoms with van der Waals surface area (Å²) >= 11 is 0. The van der Waals surface area contributed by atoms with Crippen LogP contribution in [0.1, 0.15) is 64.5 Å². The number of rotatable bonds is 26. The van der Waals surface area contributed by atoms with Crippen LogP contribution in [0.15, 0.2) is 60.7 Å². The Bertz CT molecular complexity index is 2210. The summed E-state index contributed by atoms with van der Waals surface area (Å²) in [5.41, 5.74) is 2.00. The maximum Gasteiger partial charge on any atom is 0.248 e. The van der Waals surface area contributed by atoms with Crippen LogP contribution in [0.2, 0.25) is 0 Å². The lowest BCUT2D eigenvalue weighted by Crippen LogP contribution is -2.58. The minimum absolute atomic E-state index is 0.120. The van der Waals surface area contributed by atoms with Gasteiger partial charge in [0.1, 0.15) is 25.3 Å². The molecular formula is C50H74N8O10S2. The Morgan fingerprint density at radius 1 is 0.629 bits per heavy atom. The van der Waals surface area contributed by atoms with Crippen molar-refractivity contribution < 1.29 is 45.5 Å². The molecule has 2 aliphatic heterocycles. The summed E-state index contributed by atoms with van der Waals surface area (Å²) in [5, 5.41) is 11.4. The Labute approximate surface area is 416 Å². The third kappa shape index (κ3) is 18.1. The summed E-state index contributed by atoms with van der Waals surface area (Å²) in [6, 6.07) is 15.0. The van der Waals surface area contributed by atoms with E-state index in [1.807, 2.05) is 60.7 Å². The molecule has 0 aromatic heterocycles. The number of carbonyl (C=O) groups is 4. The molecule has 4 amide bonds. The normalized spacial score (nSPS) is 18.7. The molecule has 2 saturated heterocycles. The van der Waals surface area contributed by atoms with Crippen molar-refractivity contribution in [2.45, 2.75) is 115 Å². The molecule has 0 radical (unpaired) electrons. The van der Waals surface area contributed by atoms with Crippen molar-refractivity contribution in [2.75, 3.05) is 79.1 Å². The van der Waals surface area contributed by atoms with Gasteiger partial charge in [-0.05, 0) is 103 Å². The first-order chi connectivity index (χ1) is 33.2. The van der Waals surface area contributed by atoms with Gasteiger partial charge in [-0.15, -0.1) is 0 Å². The van der Waals surface area contributed by atoms with Crippen molar-refractivity contribution in [3.63, 3.8) is 0 Å². The lowest BCUT2D eigenvalue weighted by molar-refractivity contribution is -0.141. The second-order valence-electron chi connectivity index (χ2n) is 18.0. The Kier molecular flexibility index (Phi) is 23.3. The number of carbonyl (C=O) groups excluding carboxylic acids is 4. The van der Waals surface area contributed by atoms with E-state index in [1.54, 1.807) is 51.6 Å². The van der Waals surface area contributed by atoms with Crippen molar-refractivity contribution in [2.24, 2.45) is 0 Å². The van der Waals surface area contributed by atoms with E-state index in [9.17, 15) is 36.0 Å². The van der Waals surface area contributed by atoms with E-state index in [1.165, 1.54) is 21.1 Å². The molecule has 0 bridgehead atoms. The number of nitrogens with one attached hydrogen (secondary N) is 4. The van der Waals surface area contributed by atoms with Crippen LogP contribution < -0.4 is 21.3 Å². The molecule has 0 saturated carbocycles.